The zero-order valence-electron chi connectivity index (χ0n) is 15.0. The van der Waals surface area contributed by atoms with Gasteiger partial charge < -0.3 is 19.3 Å². The Labute approximate surface area is 148 Å². The van der Waals surface area contributed by atoms with Gasteiger partial charge in [-0.1, -0.05) is 19.9 Å². The first-order valence-corrected chi connectivity index (χ1v) is 9.02. The minimum atomic E-state index is -0.0587. The molecule has 0 radical (unpaired) electrons. The van der Waals surface area contributed by atoms with Crippen LogP contribution in [-0.4, -0.2) is 61.0 Å². The molecular formula is C19H26N2O4. The Morgan fingerprint density at radius 2 is 1.72 bits per heavy atom. The maximum atomic E-state index is 12.9. The van der Waals surface area contributed by atoms with Crippen LogP contribution in [0.5, 0.6) is 11.5 Å². The van der Waals surface area contributed by atoms with Crippen molar-refractivity contribution >= 4 is 11.8 Å². The molecule has 2 amide bonds. The molecule has 0 bridgehead atoms. The zero-order valence-corrected chi connectivity index (χ0v) is 15.0. The number of fused-ring (bicyclic) bond motifs is 1. The molecule has 1 fully saturated rings. The van der Waals surface area contributed by atoms with Crippen molar-refractivity contribution in [3.63, 3.8) is 0 Å². The minimum Gasteiger partial charge on any atom is -0.486 e. The molecule has 6 heteroatoms. The number of nitrogens with zero attached hydrogens (tertiary/aromatic N) is 2. The van der Waals surface area contributed by atoms with E-state index in [9.17, 15) is 9.59 Å². The van der Waals surface area contributed by atoms with Crippen LogP contribution in [0.2, 0.25) is 0 Å². The highest BCUT2D eigenvalue weighted by atomic mass is 16.6. The Morgan fingerprint density at radius 1 is 1.04 bits per heavy atom. The molecule has 25 heavy (non-hydrogen) atoms. The quantitative estimate of drug-likeness (QED) is 0.838. The van der Waals surface area contributed by atoms with Crippen LogP contribution in [0.1, 0.15) is 37.0 Å². The number of carbonyl (C=O) groups excluding carboxylic acids is 2. The third-order valence-electron chi connectivity index (χ3n) is 4.65. The van der Waals surface area contributed by atoms with Gasteiger partial charge in [0.1, 0.15) is 13.2 Å². The summed E-state index contributed by atoms with van der Waals surface area (Å²) in [6, 6.07) is 5.40. The smallest absolute Gasteiger partial charge is 0.257 e. The van der Waals surface area contributed by atoms with Crippen molar-refractivity contribution in [3.8, 4) is 11.5 Å². The molecule has 0 saturated carbocycles. The molecule has 6 nitrogen and oxygen atoms in total. The third kappa shape index (κ3) is 4.06. The van der Waals surface area contributed by atoms with Gasteiger partial charge in [0.25, 0.3) is 5.91 Å². The van der Waals surface area contributed by atoms with E-state index in [4.69, 9.17) is 9.47 Å². The molecule has 1 aromatic carbocycles. The number of carbonyl (C=O) groups is 2. The average Bonchev–Trinajstić information content (AvgIpc) is 2.65. The lowest BCUT2D eigenvalue weighted by Gasteiger charge is -2.35. The Hall–Kier alpha value is -2.24. The predicted octanol–water partition coefficient (Wildman–Crippen LogP) is 2.18. The molecule has 0 atom stereocenters. The molecule has 0 aromatic heterocycles. The van der Waals surface area contributed by atoms with Crippen molar-refractivity contribution in [2.24, 2.45) is 5.92 Å². The van der Waals surface area contributed by atoms with E-state index in [-0.39, 0.29) is 11.8 Å². The lowest BCUT2D eigenvalue weighted by atomic mass is 10.1. The fourth-order valence-corrected chi connectivity index (χ4v) is 3.14. The number of piperazine rings is 1. The van der Waals surface area contributed by atoms with Crippen molar-refractivity contribution < 1.29 is 19.1 Å². The number of rotatable bonds is 4. The Morgan fingerprint density at radius 3 is 2.44 bits per heavy atom. The fourth-order valence-electron chi connectivity index (χ4n) is 3.14. The average molecular weight is 346 g/mol. The fraction of sp³-hybridized carbons (Fsp3) is 0.579. The topological polar surface area (TPSA) is 59.1 Å². The van der Waals surface area contributed by atoms with Crippen molar-refractivity contribution in [3.05, 3.63) is 23.8 Å². The van der Waals surface area contributed by atoms with E-state index in [2.05, 4.69) is 13.8 Å². The second-order valence-corrected chi connectivity index (χ2v) is 6.94. The molecule has 0 spiro atoms. The molecule has 2 aliphatic heterocycles. The van der Waals surface area contributed by atoms with E-state index in [0.717, 1.165) is 6.42 Å². The molecule has 3 rings (SSSR count). The number of ether oxygens (including phenoxy) is 2. The van der Waals surface area contributed by atoms with Crippen molar-refractivity contribution in [1.29, 1.82) is 0 Å². The van der Waals surface area contributed by atoms with Crippen molar-refractivity contribution in [1.82, 2.24) is 9.80 Å². The molecule has 2 aliphatic rings. The van der Waals surface area contributed by atoms with E-state index < -0.39 is 0 Å². The van der Waals surface area contributed by atoms with E-state index in [1.165, 1.54) is 0 Å². The van der Waals surface area contributed by atoms with Crippen LogP contribution in [0, 0.1) is 5.92 Å². The predicted molar refractivity (Wildman–Crippen MR) is 94.0 cm³/mol. The van der Waals surface area contributed by atoms with Gasteiger partial charge in [0.05, 0.1) is 5.56 Å². The van der Waals surface area contributed by atoms with Gasteiger partial charge in [-0.25, -0.2) is 0 Å². The summed E-state index contributed by atoms with van der Waals surface area (Å²) >= 11 is 0. The normalized spacial score (nSPS) is 16.9. The zero-order chi connectivity index (χ0) is 17.8. The molecule has 0 aliphatic carbocycles. The highest BCUT2D eigenvalue weighted by Crippen LogP contribution is 2.34. The number of hydrogen-bond acceptors (Lipinski definition) is 4. The lowest BCUT2D eigenvalue weighted by molar-refractivity contribution is -0.132. The monoisotopic (exact) mass is 346 g/mol. The molecular weight excluding hydrogens is 320 g/mol. The minimum absolute atomic E-state index is 0.0587. The summed E-state index contributed by atoms with van der Waals surface area (Å²) in [5, 5.41) is 0. The molecule has 1 aromatic rings. The standard InChI is InChI=1S/C19H26N2O4/c1-14(2)6-7-17(22)20-8-10-21(11-9-20)19(23)15-4-3-5-16-18(15)25-13-12-24-16/h3-5,14H,6-13H2,1-2H3. The summed E-state index contributed by atoms with van der Waals surface area (Å²) in [6.07, 6.45) is 1.49. The van der Waals surface area contributed by atoms with Gasteiger partial charge in [0, 0.05) is 32.6 Å². The summed E-state index contributed by atoms with van der Waals surface area (Å²) in [5.74, 6) is 1.82. The second kappa shape index (κ2) is 7.76. The lowest BCUT2D eigenvalue weighted by Crippen LogP contribution is -2.50. The van der Waals surface area contributed by atoms with Crippen LogP contribution in [0.25, 0.3) is 0 Å². The highest BCUT2D eigenvalue weighted by molar-refractivity contribution is 5.98. The van der Waals surface area contributed by atoms with Gasteiger partial charge in [-0.15, -0.1) is 0 Å². The van der Waals surface area contributed by atoms with Crippen LogP contribution in [0.15, 0.2) is 18.2 Å². The van der Waals surface area contributed by atoms with Crippen molar-refractivity contribution in [2.75, 3.05) is 39.4 Å². The van der Waals surface area contributed by atoms with Gasteiger partial charge in [0.15, 0.2) is 11.5 Å². The maximum absolute atomic E-state index is 12.9. The second-order valence-electron chi connectivity index (χ2n) is 6.94. The molecule has 0 unspecified atom stereocenters. The highest BCUT2D eigenvalue weighted by Gasteiger charge is 2.28. The van der Waals surface area contributed by atoms with Crippen LogP contribution in [0.4, 0.5) is 0 Å². The summed E-state index contributed by atoms with van der Waals surface area (Å²) in [7, 11) is 0. The van der Waals surface area contributed by atoms with Crippen LogP contribution in [0.3, 0.4) is 0 Å². The first kappa shape index (κ1) is 17.6. The largest absolute Gasteiger partial charge is 0.486 e. The number of para-hydroxylation sites is 1. The van der Waals surface area contributed by atoms with Crippen LogP contribution < -0.4 is 9.47 Å². The van der Waals surface area contributed by atoms with Crippen LogP contribution >= 0.6 is 0 Å². The Balaban J connectivity index is 1.60. The van der Waals surface area contributed by atoms with Gasteiger partial charge in [-0.3, -0.25) is 9.59 Å². The van der Waals surface area contributed by atoms with E-state index >= 15 is 0 Å². The summed E-state index contributed by atoms with van der Waals surface area (Å²) in [5.41, 5.74) is 0.539. The number of hydrogen-bond donors (Lipinski definition) is 0. The van der Waals surface area contributed by atoms with Crippen LogP contribution in [-0.2, 0) is 4.79 Å². The van der Waals surface area contributed by atoms with Gasteiger partial charge in [-0.05, 0) is 24.5 Å². The molecule has 1 saturated heterocycles. The first-order chi connectivity index (χ1) is 12.1. The number of amides is 2. The number of benzene rings is 1. The van der Waals surface area contributed by atoms with E-state index in [1.807, 2.05) is 17.0 Å². The van der Waals surface area contributed by atoms with E-state index in [0.29, 0.717) is 68.8 Å². The van der Waals surface area contributed by atoms with Gasteiger partial charge in [-0.2, -0.15) is 0 Å². The maximum Gasteiger partial charge on any atom is 0.257 e. The van der Waals surface area contributed by atoms with Gasteiger partial charge in [0.2, 0.25) is 5.91 Å². The Kier molecular flexibility index (Phi) is 5.46. The van der Waals surface area contributed by atoms with Crippen molar-refractivity contribution in [2.45, 2.75) is 26.7 Å². The third-order valence-corrected chi connectivity index (χ3v) is 4.65. The van der Waals surface area contributed by atoms with Gasteiger partial charge >= 0.3 is 0 Å². The summed E-state index contributed by atoms with van der Waals surface area (Å²) in [4.78, 5) is 28.7. The summed E-state index contributed by atoms with van der Waals surface area (Å²) in [6.45, 7) is 7.49. The molecule has 136 valence electrons. The first-order valence-electron chi connectivity index (χ1n) is 9.02. The molecule has 0 N–H and O–H groups in total. The SMILES string of the molecule is CC(C)CCC(=O)N1CCN(C(=O)c2cccc3c2OCCO3)CC1. The van der Waals surface area contributed by atoms with E-state index in [1.54, 1.807) is 11.0 Å². The summed E-state index contributed by atoms with van der Waals surface area (Å²) < 4.78 is 11.2. The Bertz CT molecular complexity index is 636. The molecule has 2 heterocycles.